The summed E-state index contributed by atoms with van der Waals surface area (Å²) in [5.74, 6) is -0.746. The summed E-state index contributed by atoms with van der Waals surface area (Å²) in [4.78, 5) is 16.5. The number of carbonyl (C=O) groups is 1. The molecule has 1 aliphatic rings. The lowest BCUT2D eigenvalue weighted by atomic mass is 10.2. The molecule has 1 saturated heterocycles. The van der Waals surface area contributed by atoms with E-state index in [2.05, 4.69) is 10.3 Å². The van der Waals surface area contributed by atoms with E-state index in [1.165, 1.54) is 29.5 Å². The highest BCUT2D eigenvalue weighted by molar-refractivity contribution is 7.13. The van der Waals surface area contributed by atoms with E-state index in [-0.39, 0.29) is 17.5 Å². The SMILES string of the molecule is N#C/C(=C\c1csc(-c2ccc(F)cc2)n1)C(=O)NCC1CCCO1. The number of ether oxygens (including phenoxy) is 1. The standard InChI is InChI=1S/C18H16FN3O2S/c19-14-5-3-12(4-6-14)18-22-15(11-25-18)8-13(9-20)17(23)21-10-16-2-1-7-24-16/h3-6,8,11,16H,1-2,7,10H2,(H,21,23)/b13-8+. The highest BCUT2D eigenvalue weighted by Crippen LogP contribution is 2.24. The molecule has 5 nitrogen and oxygen atoms in total. The van der Waals surface area contributed by atoms with Crippen molar-refractivity contribution in [2.45, 2.75) is 18.9 Å². The molecule has 3 rings (SSSR count). The third-order valence-electron chi connectivity index (χ3n) is 3.78. The zero-order chi connectivity index (χ0) is 17.6. The van der Waals surface area contributed by atoms with Gasteiger partial charge in [-0.3, -0.25) is 4.79 Å². The van der Waals surface area contributed by atoms with Gasteiger partial charge in [-0.05, 0) is 43.2 Å². The Bertz CT molecular complexity index is 818. The molecule has 1 N–H and O–H groups in total. The van der Waals surface area contributed by atoms with Crippen LogP contribution in [0.15, 0.2) is 35.2 Å². The number of nitrogens with zero attached hydrogens (tertiary/aromatic N) is 2. The molecule has 1 aromatic heterocycles. The average molecular weight is 357 g/mol. The number of hydrogen-bond acceptors (Lipinski definition) is 5. The second kappa shape index (κ2) is 8.01. The van der Waals surface area contributed by atoms with Crippen molar-refractivity contribution in [3.63, 3.8) is 0 Å². The van der Waals surface area contributed by atoms with E-state index in [9.17, 15) is 14.4 Å². The second-order valence-corrected chi connectivity index (χ2v) is 6.46. The third-order valence-corrected chi connectivity index (χ3v) is 4.69. The van der Waals surface area contributed by atoms with Gasteiger partial charge in [0.1, 0.15) is 22.5 Å². The van der Waals surface area contributed by atoms with Crippen LogP contribution >= 0.6 is 11.3 Å². The van der Waals surface area contributed by atoms with Crippen LogP contribution in [-0.4, -0.2) is 30.1 Å². The van der Waals surface area contributed by atoms with Gasteiger partial charge in [0.15, 0.2) is 0 Å². The van der Waals surface area contributed by atoms with E-state index in [0.29, 0.717) is 23.9 Å². The molecule has 1 fully saturated rings. The first-order valence-corrected chi connectivity index (χ1v) is 8.77. The summed E-state index contributed by atoms with van der Waals surface area (Å²) in [6.45, 7) is 1.11. The van der Waals surface area contributed by atoms with Crippen molar-refractivity contribution in [1.29, 1.82) is 5.26 Å². The zero-order valence-electron chi connectivity index (χ0n) is 13.4. The van der Waals surface area contributed by atoms with Crippen molar-refractivity contribution < 1.29 is 13.9 Å². The van der Waals surface area contributed by atoms with Gasteiger partial charge in [-0.25, -0.2) is 9.37 Å². The Kier molecular flexibility index (Phi) is 5.53. The van der Waals surface area contributed by atoms with Gasteiger partial charge in [-0.15, -0.1) is 11.3 Å². The van der Waals surface area contributed by atoms with Crippen molar-refractivity contribution in [2.75, 3.05) is 13.2 Å². The number of aromatic nitrogens is 1. The van der Waals surface area contributed by atoms with Crippen molar-refractivity contribution in [2.24, 2.45) is 0 Å². The molecule has 7 heteroatoms. The molecule has 2 heterocycles. The molecule has 1 aromatic carbocycles. The second-order valence-electron chi connectivity index (χ2n) is 5.60. The van der Waals surface area contributed by atoms with Crippen LogP contribution in [0.1, 0.15) is 18.5 Å². The molecule has 0 bridgehead atoms. The molecule has 2 aromatic rings. The summed E-state index contributed by atoms with van der Waals surface area (Å²) in [5, 5.41) is 14.4. The lowest BCUT2D eigenvalue weighted by molar-refractivity contribution is -0.117. The summed E-state index contributed by atoms with van der Waals surface area (Å²) < 4.78 is 18.4. The van der Waals surface area contributed by atoms with Crippen molar-refractivity contribution in [3.05, 3.63) is 46.7 Å². The number of thiazole rings is 1. The van der Waals surface area contributed by atoms with Crippen LogP contribution in [-0.2, 0) is 9.53 Å². The Morgan fingerprint density at radius 2 is 2.28 bits per heavy atom. The zero-order valence-corrected chi connectivity index (χ0v) is 14.2. The fourth-order valence-corrected chi connectivity index (χ4v) is 3.26. The van der Waals surface area contributed by atoms with Crippen LogP contribution in [0, 0.1) is 17.1 Å². The topological polar surface area (TPSA) is 75.0 Å². The fourth-order valence-electron chi connectivity index (χ4n) is 2.48. The van der Waals surface area contributed by atoms with Crippen LogP contribution in [0.2, 0.25) is 0 Å². The smallest absolute Gasteiger partial charge is 0.262 e. The van der Waals surface area contributed by atoms with Crippen molar-refractivity contribution in [1.82, 2.24) is 10.3 Å². The summed E-state index contributed by atoms with van der Waals surface area (Å²) in [7, 11) is 0. The number of rotatable bonds is 5. The first-order chi connectivity index (χ1) is 12.2. The lowest BCUT2D eigenvalue weighted by Crippen LogP contribution is -2.32. The van der Waals surface area contributed by atoms with Gasteiger partial charge in [-0.1, -0.05) is 0 Å². The largest absolute Gasteiger partial charge is 0.376 e. The lowest BCUT2D eigenvalue weighted by Gasteiger charge is -2.09. The molecule has 1 aliphatic heterocycles. The first kappa shape index (κ1) is 17.3. The van der Waals surface area contributed by atoms with Gasteiger partial charge in [0, 0.05) is 24.1 Å². The molecule has 0 aliphatic carbocycles. The number of halogens is 1. The number of nitriles is 1. The molecule has 25 heavy (non-hydrogen) atoms. The molecule has 1 atom stereocenters. The number of carbonyl (C=O) groups excluding carboxylic acids is 1. The van der Waals surface area contributed by atoms with E-state index in [1.54, 1.807) is 17.5 Å². The number of benzene rings is 1. The molecular weight excluding hydrogens is 341 g/mol. The van der Waals surface area contributed by atoms with Crippen LogP contribution < -0.4 is 5.32 Å². The van der Waals surface area contributed by atoms with E-state index in [0.717, 1.165) is 18.4 Å². The normalized spacial score (nSPS) is 17.3. The Labute approximate surface area is 148 Å². The molecular formula is C18H16FN3O2S. The molecule has 1 amide bonds. The monoisotopic (exact) mass is 357 g/mol. The minimum absolute atomic E-state index is 0.00560. The summed E-state index contributed by atoms with van der Waals surface area (Å²) >= 11 is 1.37. The van der Waals surface area contributed by atoms with E-state index in [4.69, 9.17) is 4.74 Å². The maximum absolute atomic E-state index is 13.0. The van der Waals surface area contributed by atoms with Crippen molar-refractivity contribution in [3.8, 4) is 16.6 Å². The highest BCUT2D eigenvalue weighted by atomic mass is 32.1. The van der Waals surface area contributed by atoms with E-state index >= 15 is 0 Å². The summed E-state index contributed by atoms with van der Waals surface area (Å²) in [6.07, 6.45) is 3.38. The van der Waals surface area contributed by atoms with Crippen LogP contribution in [0.25, 0.3) is 16.6 Å². The number of amides is 1. The van der Waals surface area contributed by atoms with Gasteiger partial charge in [0.2, 0.25) is 0 Å². The minimum atomic E-state index is -0.436. The van der Waals surface area contributed by atoms with Gasteiger partial charge in [-0.2, -0.15) is 5.26 Å². The number of hydrogen-bond donors (Lipinski definition) is 1. The Morgan fingerprint density at radius 1 is 1.48 bits per heavy atom. The summed E-state index contributed by atoms with van der Waals surface area (Å²) in [6, 6.07) is 7.92. The average Bonchev–Trinajstić information content (AvgIpc) is 3.30. The van der Waals surface area contributed by atoms with Crippen LogP contribution in [0.5, 0.6) is 0 Å². The minimum Gasteiger partial charge on any atom is -0.376 e. The summed E-state index contributed by atoms with van der Waals surface area (Å²) in [5.41, 5.74) is 1.30. The predicted molar refractivity (Wildman–Crippen MR) is 93.1 cm³/mol. The number of nitrogens with one attached hydrogen (secondary N) is 1. The van der Waals surface area contributed by atoms with Crippen LogP contribution in [0.3, 0.4) is 0 Å². The first-order valence-electron chi connectivity index (χ1n) is 7.89. The Balaban J connectivity index is 1.68. The van der Waals surface area contributed by atoms with Gasteiger partial charge in [0.05, 0.1) is 11.8 Å². The maximum Gasteiger partial charge on any atom is 0.262 e. The Morgan fingerprint density at radius 3 is 2.96 bits per heavy atom. The highest BCUT2D eigenvalue weighted by Gasteiger charge is 2.17. The molecule has 0 saturated carbocycles. The quantitative estimate of drug-likeness (QED) is 0.659. The molecule has 1 unspecified atom stereocenters. The van der Waals surface area contributed by atoms with Crippen molar-refractivity contribution >= 4 is 23.3 Å². The van der Waals surface area contributed by atoms with Gasteiger partial charge >= 0.3 is 0 Å². The third kappa shape index (κ3) is 4.50. The molecule has 0 radical (unpaired) electrons. The predicted octanol–water partition coefficient (Wildman–Crippen LogP) is 3.15. The molecule has 128 valence electrons. The Hall–Kier alpha value is -2.56. The van der Waals surface area contributed by atoms with Crippen LogP contribution in [0.4, 0.5) is 4.39 Å². The molecule has 0 spiro atoms. The maximum atomic E-state index is 13.0. The fraction of sp³-hybridized carbons (Fsp3) is 0.278. The van der Waals surface area contributed by atoms with E-state index < -0.39 is 5.91 Å². The van der Waals surface area contributed by atoms with Gasteiger partial charge < -0.3 is 10.1 Å². The van der Waals surface area contributed by atoms with Gasteiger partial charge in [0.25, 0.3) is 5.91 Å². The van der Waals surface area contributed by atoms with E-state index in [1.807, 2.05) is 6.07 Å².